The van der Waals surface area contributed by atoms with Gasteiger partial charge in [-0.1, -0.05) is 25.5 Å². The highest BCUT2D eigenvalue weighted by Crippen LogP contribution is 2.21. The van der Waals surface area contributed by atoms with Crippen molar-refractivity contribution in [2.24, 2.45) is 0 Å². The van der Waals surface area contributed by atoms with Crippen molar-refractivity contribution in [2.45, 2.75) is 37.7 Å². The molecule has 78 valence electrons. The van der Waals surface area contributed by atoms with E-state index in [1.807, 2.05) is 23.9 Å². The average molecular weight is 210 g/mol. The second-order valence-electron chi connectivity index (χ2n) is 3.45. The minimum Gasteiger partial charge on any atom is -0.389 e. The number of benzene rings is 1. The highest BCUT2D eigenvalue weighted by molar-refractivity contribution is 7.99. The van der Waals surface area contributed by atoms with Crippen LogP contribution in [0.2, 0.25) is 0 Å². The Morgan fingerprint density at radius 3 is 2.43 bits per heavy atom. The van der Waals surface area contributed by atoms with Crippen LogP contribution < -0.4 is 0 Å². The molecule has 1 N–H and O–H groups in total. The topological polar surface area (TPSA) is 20.2 Å². The minimum absolute atomic E-state index is 0.357. The van der Waals surface area contributed by atoms with Crippen molar-refractivity contribution in [1.82, 2.24) is 0 Å². The second-order valence-corrected chi connectivity index (χ2v) is 4.62. The largest absolute Gasteiger partial charge is 0.389 e. The van der Waals surface area contributed by atoms with Gasteiger partial charge in [0.1, 0.15) is 0 Å². The van der Waals surface area contributed by atoms with Crippen LogP contribution in [0.15, 0.2) is 29.2 Å². The zero-order valence-corrected chi connectivity index (χ0v) is 9.68. The molecule has 1 atom stereocenters. The Morgan fingerprint density at radius 1 is 1.29 bits per heavy atom. The molecular weight excluding hydrogens is 192 g/mol. The number of aliphatic hydroxyl groups excluding tert-OH is 1. The molecule has 0 saturated heterocycles. The lowest BCUT2D eigenvalue weighted by atomic mass is 10.1. The van der Waals surface area contributed by atoms with E-state index in [1.165, 1.54) is 23.5 Å². The summed E-state index contributed by atoms with van der Waals surface area (Å²) >= 11 is 1.88. The zero-order valence-electron chi connectivity index (χ0n) is 8.86. The zero-order chi connectivity index (χ0) is 10.4. The first kappa shape index (κ1) is 11.6. The Morgan fingerprint density at radius 2 is 1.93 bits per heavy atom. The predicted octanol–water partition coefficient (Wildman–Crippen LogP) is 3.63. The molecule has 0 amide bonds. The van der Waals surface area contributed by atoms with E-state index < -0.39 is 0 Å². The summed E-state index contributed by atoms with van der Waals surface area (Å²) in [5, 5.41) is 9.32. The van der Waals surface area contributed by atoms with Crippen molar-refractivity contribution < 1.29 is 5.11 Å². The van der Waals surface area contributed by atoms with E-state index in [-0.39, 0.29) is 6.10 Å². The molecule has 1 rings (SSSR count). The minimum atomic E-state index is -0.357. The van der Waals surface area contributed by atoms with Gasteiger partial charge in [-0.15, -0.1) is 11.8 Å². The molecule has 0 heterocycles. The van der Waals surface area contributed by atoms with Crippen LogP contribution in [0.3, 0.4) is 0 Å². The highest BCUT2D eigenvalue weighted by Gasteiger charge is 1.99. The number of aliphatic hydroxyl groups is 1. The van der Waals surface area contributed by atoms with Gasteiger partial charge in [-0.3, -0.25) is 0 Å². The van der Waals surface area contributed by atoms with Crippen molar-refractivity contribution in [2.75, 3.05) is 5.75 Å². The van der Waals surface area contributed by atoms with Crippen molar-refractivity contribution in [3.63, 3.8) is 0 Å². The van der Waals surface area contributed by atoms with Gasteiger partial charge in [0, 0.05) is 4.90 Å². The molecule has 0 aliphatic rings. The fourth-order valence-corrected chi connectivity index (χ4v) is 2.17. The first-order valence-electron chi connectivity index (χ1n) is 5.15. The van der Waals surface area contributed by atoms with Gasteiger partial charge >= 0.3 is 0 Å². The third-order valence-electron chi connectivity index (χ3n) is 2.13. The summed E-state index contributed by atoms with van der Waals surface area (Å²) in [6.07, 6.45) is 2.16. The molecule has 0 fully saturated rings. The molecule has 1 aromatic carbocycles. The fourth-order valence-electron chi connectivity index (χ4n) is 1.18. The second kappa shape index (κ2) is 6.10. The van der Waals surface area contributed by atoms with E-state index in [2.05, 4.69) is 19.1 Å². The third kappa shape index (κ3) is 3.72. The molecule has 1 unspecified atom stereocenters. The summed E-state index contributed by atoms with van der Waals surface area (Å²) in [6.45, 7) is 4.00. The van der Waals surface area contributed by atoms with Crippen LogP contribution in [0.1, 0.15) is 38.4 Å². The van der Waals surface area contributed by atoms with Crippen LogP contribution in [-0.4, -0.2) is 10.9 Å². The van der Waals surface area contributed by atoms with Crippen LogP contribution in [0.5, 0.6) is 0 Å². The van der Waals surface area contributed by atoms with E-state index in [0.717, 1.165) is 5.56 Å². The normalized spacial score (nSPS) is 12.8. The predicted molar refractivity (Wildman–Crippen MR) is 62.7 cm³/mol. The van der Waals surface area contributed by atoms with Crippen LogP contribution in [-0.2, 0) is 0 Å². The van der Waals surface area contributed by atoms with Crippen molar-refractivity contribution >= 4 is 11.8 Å². The van der Waals surface area contributed by atoms with E-state index in [4.69, 9.17) is 0 Å². The van der Waals surface area contributed by atoms with Crippen molar-refractivity contribution in [1.29, 1.82) is 0 Å². The summed E-state index contributed by atoms with van der Waals surface area (Å²) in [5.74, 6) is 1.19. The Balaban J connectivity index is 2.47. The van der Waals surface area contributed by atoms with Gasteiger partial charge in [-0.2, -0.15) is 0 Å². The monoisotopic (exact) mass is 210 g/mol. The molecule has 0 radical (unpaired) electrons. The lowest BCUT2D eigenvalue weighted by Crippen LogP contribution is -1.89. The van der Waals surface area contributed by atoms with Gasteiger partial charge in [-0.05, 0) is 36.8 Å². The molecule has 0 aliphatic heterocycles. The molecule has 0 aromatic heterocycles. The number of unbranched alkanes of at least 4 members (excludes halogenated alkanes) is 1. The summed E-state index contributed by atoms with van der Waals surface area (Å²) < 4.78 is 0. The Kier molecular flexibility index (Phi) is 5.05. The SMILES string of the molecule is CCCCSc1ccc(C(C)O)cc1. The maximum absolute atomic E-state index is 9.32. The molecule has 0 spiro atoms. The Bertz CT molecular complexity index is 254. The number of hydrogen-bond donors (Lipinski definition) is 1. The molecule has 0 saturated carbocycles. The van der Waals surface area contributed by atoms with Gasteiger partial charge in [0.25, 0.3) is 0 Å². The Hall–Kier alpha value is -0.470. The summed E-state index contributed by atoms with van der Waals surface area (Å²) in [5.41, 5.74) is 0.991. The highest BCUT2D eigenvalue weighted by atomic mass is 32.2. The average Bonchev–Trinajstić information content (AvgIpc) is 2.19. The van der Waals surface area contributed by atoms with Crippen LogP contribution in [0, 0.1) is 0 Å². The summed E-state index contributed by atoms with van der Waals surface area (Å²) in [4.78, 5) is 1.29. The number of hydrogen-bond acceptors (Lipinski definition) is 2. The van der Waals surface area contributed by atoms with Crippen LogP contribution in [0.4, 0.5) is 0 Å². The fraction of sp³-hybridized carbons (Fsp3) is 0.500. The maximum Gasteiger partial charge on any atom is 0.0761 e. The lowest BCUT2D eigenvalue weighted by Gasteiger charge is -2.05. The molecule has 2 heteroatoms. The standard InChI is InChI=1S/C12H18OS/c1-3-4-9-14-12-7-5-11(6-8-12)10(2)13/h5-8,10,13H,3-4,9H2,1-2H3. The Labute approximate surface area is 90.5 Å². The summed E-state index contributed by atoms with van der Waals surface area (Å²) in [6, 6.07) is 8.17. The molecule has 1 nitrogen and oxygen atoms in total. The number of thioether (sulfide) groups is 1. The van der Waals surface area contributed by atoms with Gasteiger partial charge in [0.15, 0.2) is 0 Å². The maximum atomic E-state index is 9.32. The van der Waals surface area contributed by atoms with Crippen molar-refractivity contribution in [3.05, 3.63) is 29.8 Å². The quantitative estimate of drug-likeness (QED) is 0.591. The van der Waals surface area contributed by atoms with Gasteiger partial charge in [0.05, 0.1) is 6.10 Å². The van der Waals surface area contributed by atoms with E-state index in [9.17, 15) is 5.11 Å². The molecule has 0 aliphatic carbocycles. The lowest BCUT2D eigenvalue weighted by molar-refractivity contribution is 0.199. The van der Waals surface area contributed by atoms with Gasteiger partial charge < -0.3 is 5.11 Å². The smallest absolute Gasteiger partial charge is 0.0761 e. The van der Waals surface area contributed by atoms with Crippen molar-refractivity contribution in [3.8, 4) is 0 Å². The van der Waals surface area contributed by atoms with E-state index in [1.54, 1.807) is 6.92 Å². The molecule has 0 bridgehead atoms. The van der Waals surface area contributed by atoms with E-state index in [0.29, 0.717) is 0 Å². The first-order chi connectivity index (χ1) is 6.74. The third-order valence-corrected chi connectivity index (χ3v) is 3.23. The van der Waals surface area contributed by atoms with E-state index >= 15 is 0 Å². The van der Waals surface area contributed by atoms with Gasteiger partial charge in [-0.25, -0.2) is 0 Å². The van der Waals surface area contributed by atoms with Crippen LogP contribution >= 0.6 is 11.8 Å². The molecule has 1 aromatic rings. The van der Waals surface area contributed by atoms with Crippen LogP contribution in [0.25, 0.3) is 0 Å². The van der Waals surface area contributed by atoms with Gasteiger partial charge in [0.2, 0.25) is 0 Å². The number of rotatable bonds is 5. The molecular formula is C12H18OS. The molecule has 14 heavy (non-hydrogen) atoms. The first-order valence-corrected chi connectivity index (χ1v) is 6.13. The summed E-state index contributed by atoms with van der Waals surface area (Å²) in [7, 11) is 0.